The number of hydrogen-bond acceptors (Lipinski definition) is 9. The number of amides is 1. The highest BCUT2D eigenvalue weighted by Gasteiger charge is 2.35. The van der Waals surface area contributed by atoms with Gasteiger partial charge in [-0.15, -0.1) is 0 Å². The molecule has 0 aromatic rings. The van der Waals surface area contributed by atoms with Crippen molar-refractivity contribution in [2.45, 2.75) is 31.6 Å². The van der Waals surface area contributed by atoms with Crippen molar-refractivity contribution in [3.8, 4) is 0 Å². The Balaban J connectivity index is 4.52. The van der Waals surface area contributed by atoms with Crippen molar-refractivity contribution in [1.82, 2.24) is 5.32 Å². The maximum Gasteiger partial charge on any atom is 0.371 e. The van der Waals surface area contributed by atoms with Crippen molar-refractivity contribution in [3.05, 3.63) is 0 Å². The molecule has 0 aromatic carbocycles. The van der Waals surface area contributed by atoms with Gasteiger partial charge in [-0.3, -0.25) is 9.59 Å². The molecule has 0 aliphatic rings. The summed E-state index contributed by atoms with van der Waals surface area (Å²) in [6, 6.07) is -0.919. The quantitative estimate of drug-likeness (QED) is 0.392. The minimum atomic E-state index is -1.21. The average Bonchev–Trinajstić information content (AvgIpc) is 2.42. The zero-order valence-corrected chi connectivity index (χ0v) is 14.4. The monoisotopic (exact) mass is 353 g/mol. The first-order chi connectivity index (χ1) is 10.1. The third-order valence-corrected chi connectivity index (χ3v) is 3.64. The second-order valence-electron chi connectivity index (χ2n) is 4.49. The van der Waals surface area contributed by atoms with Crippen LogP contribution in [0, 0.1) is 0 Å². The van der Waals surface area contributed by atoms with Gasteiger partial charge in [0.05, 0.1) is 11.9 Å². The largest absolute Gasteiger partial charge is 0.467 e. The molecule has 10 heteroatoms. The molecular weight excluding hydrogens is 334 g/mol. The Morgan fingerprint density at radius 3 is 2.27 bits per heavy atom. The van der Waals surface area contributed by atoms with Crippen molar-refractivity contribution >= 4 is 47.5 Å². The molecule has 0 heterocycles. The predicted molar refractivity (Wildman–Crippen MR) is 82.6 cm³/mol. The number of esters is 2. The number of thioether (sulfide) groups is 1. The molecule has 22 heavy (non-hydrogen) atoms. The van der Waals surface area contributed by atoms with E-state index >= 15 is 0 Å². The number of methoxy groups -OCH3 is 1. The lowest BCUT2D eigenvalue weighted by Crippen LogP contribution is -2.49. The van der Waals surface area contributed by atoms with E-state index in [0.29, 0.717) is 11.8 Å². The molecule has 0 unspecified atom stereocenters. The topological polar surface area (TPSA) is 108 Å². The lowest BCUT2D eigenvalue weighted by Gasteiger charge is -2.24. The van der Waals surface area contributed by atoms with Crippen LogP contribution in [-0.2, 0) is 28.6 Å². The van der Waals surface area contributed by atoms with Crippen molar-refractivity contribution in [1.29, 1.82) is 0 Å². The molecule has 0 saturated carbocycles. The number of carbonyl (C=O) groups is 4. The smallest absolute Gasteiger partial charge is 0.371 e. The van der Waals surface area contributed by atoms with Gasteiger partial charge in [-0.25, -0.2) is 9.59 Å². The Bertz CT molecular complexity index is 439. The highest BCUT2D eigenvalue weighted by Crippen LogP contribution is 2.26. The lowest BCUT2D eigenvalue weighted by molar-refractivity contribution is -0.148. The van der Waals surface area contributed by atoms with Crippen LogP contribution in [0.1, 0.15) is 20.8 Å². The molecule has 0 aliphatic carbocycles. The van der Waals surface area contributed by atoms with Crippen LogP contribution in [0.4, 0.5) is 4.79 Å². The summed E-state index contributed by atoms with van der Waals surface area (Å²) in [5.74, 6) is -1.74. The summed E-state index contributed by atoms with van der Waals surface area (Å²) in [5.41, 5.74) is 0. The van der Waals surface area contributed by atoms with Crippen LogP contribution >= 0.6 is 24.4 Å². The van der Waals surface area contributed by atoms with Crippen LogP contribution in [0.25, 0.3) is 0 Å². The van der Waals surface area contributed by atoms with Crippen molar-refractivity contribution in [2.24, 2.45) is 0 Å². The molecule has 0 aliphatic heterocycles. The van der Waals surface area contributed by atoms with Crippen LogP contribution in [0.3, 0.4) is 0 Å². The highest BCUT2D eigenvalue weighted by molar-refractivity contribution is 8.15. The van der Waals surface area contributed by atoms with Gasteiger partial charge in [-0.2, -0.15) is 12.6 Å². The van der Waals surface area contributed by atoms with E-state index in [0.717, 1.165) is 0 Å². The van der Waals surface area contributed by atoms with E-state index in [1.165, 1.54) is 27.9 Å². The number of hydrogen-bond donors (Lipinski definition) is 2. The van der Waals surface area contributed by atoms with Crippen LogP contribution in [0.2, 0.25) is 0 Å². The van der Waals surface area contributed by atoms with Gasteiger partial charge in [0.25, 0.3) is 0 Å². The second-order valence-corrected chi connectivity index (χ2v) is 6.42. The summed E-state index contributed by atoms with van der Waals surface area (Å²) in [6.07, 6.45) is 0. The lowest BCUT2D eigenvalue weighted by atomic mass is 10.2. The first-order valence-corrected chi connectivity index (χ1v) is 7.57. The Hall–Kier alpha value is -1.42. The zero-order valence-electron chi connectivity index (χ0n) is 12.7. The van der Waals surface area contributed by atoms with Gasteiger partial charge in [0.15, 0.2) is 0 Å². The normalized spacial score (nSPS) is 12.0. The predicted octanol–water partition coefficient (Wildman–Crippen LogP) is 0.743. The molecule has 0 bridgehead atoms. The summed E-state index contributed by atoms with van der Waals surface area (Å²) in [7, 11) is 1.19. The average molecular weight is 353 g/mol. The third kappa shape index (κ3) is 7.55. The van der Waals surface area contributed by atoms with Gasteiger partial charge in [0, 0.05) is 12.7 Å². The first kappa shape index (κ1) is 20.6. The Morgan fingerprint density at radius 1 is 1.23 bits per heavy atom. The molecule has 1 N–H and O–H groups in total. The van der Waals surface area contributed by atoms with Crippen LogP contribution < -0.4 is 5.32 Å². The molecule has 0 aromatic heterocycles. The van der Waals surface area contributed by atoms with Gasteiger partial charge in [0.1, 0.15) is 6.04 Å². The third-order valence-electron chi connectivity index (χ3n) is 2.30. The SMILES string of the molecule is COC(=O)[C@H](CS)NC(=O)C(C)(C)SC(=O)OCOC(C)=O. The first-order valence-electron chi connectivity index (χ1n) is 6.12. The number of thiol groups is 1. The van der Waals surface area contributed by atoms with E-state index in [1.54, 1.807) is 0 Å². The van der Waals surface area contributed by atoms with Crippen molar-refractivity contribution < 1.29 is 33.4 Å². The minimum absolute atomic E-state index is 0.0516. The molecule has 0 fully saturated rings. The Kier molecular flexibility index (Phi) is 8.95. The van der Waals surface area contributed by atoms with E-state index in [4.69, 9.17) is 0 Å². The van der Waals surface area contributed by atoms with E-state index in [-0.39, 0.29) is 5.75 Å². The Labute approximate surface area is 138 Å². The van der Waals surface area contributed by atoms with Crippen molar-refractivity contribution in [2.75, 3.05) is 19.7 Å². The fourth-order valence-electron chi connectivity index (χ4n) is 1.10. The van der Waals surface area contributed by atoms with Crippen molar-refractivity contribution in [3.63, 3.8) is 0 Å². The molecule has 8 nitrogen and oxygen atoms in total. The van der Waals surface area contributed by atoms with Gasteiger partial charge in [-0.1, -0.05) is 0 Å². The summed E-state index contributed by atoms with van der Waals surface area (Å²) >= 11 is 4.54. The molecule has 0 saturated heterocycles. The molecule has 1 amide bonds. The zero-order chi connectivity index (χ0) is 17.3. The number of nitrogens with one attached hydrogen (secondary N) is 1. The minimum Gasteiger partial charge on any atom is -0.467 e. The molecular formula is C12H19NO7S2. The van der Waals surface area contributed by atoms with Gasteiger partial charge in [-0.05, 0) is 25.6 Å². The Morgan fingerprint density at radius 2 is 1.82 bits per heavy atom. The number of rotatable bonds is 7. The standard InChI is InChI=1S/C12H19NO7S2/c1-7(14)19-6-20-11(17)22-12(2,3)10(16)13-8(5-21)9(15)18-4/h8,21H,5-6H2,1-4H3,(H,13,16)/t8-/m0/s1. The van der Waals surface area contributed by atoms with Crippen LogP contribution in [-0.4, -0.2) is 53.6 Å². The summed E-state index contributed by atoms with van der Waals surface area (Å²) in [6.45, 7) is 3.60. The number of carbonyl (C=O) groups excluding carboxylic acids is 4. The fraction of sp³-hybridized carbons (Fsp3) is 0.667. The van der Waals surface area contributed by atoms with Gasteiger partial charge >= 0.3 is 17.2 Å². The maximum atomic E-state index is 12.1. The maximum absolute atomic E-state index is 12.1. The van der Waals surface area contributed by atoms with E-state index < -0.39 is 40.7 Å². The fourth-order valence-corrected chi connectivity index (χ4v) is 2.01. The molecule has 0 spiro atoms. The van der Waals surface area contributed by atoms with E-state index in [1.807, 2.05) is 0 Å². The van der Waals surface area contributed by atoms with Gasteiger partial charge < -0.3 is 19.5 Å². The van der Waals surface area contributed by atoms with E-state index in [2.05, 4.69) is 32.2 Å². The number of ether oxygens (including phenoxy) is 3. The molecule has 126 valence electrons. The van der Waals surface area contributed by atoms with Gasteiger partial charge in [0.2, 0.25) is 12.7 Å². The molecule has 0 radical (unpaired) electrons. The summed E-state index contributed by atoms with van der Waals surface area (Å²) in [5, 5.41) is 1.64. The summed E-state index contributed by atoms with van der Waals surface area (Å²) < 4.78 is 12.4. The molecule has 0 rings (SSSR count). The second kappa shape index (κ2) is 9.57. The summed E-state index contributed by atoms with van der Waals surface area (Å²) in [4.78, 5) is 45.6. The van der Waals surface area contributed by atoms with E-state index in [9.17, 15) is 19.2 Å². The van der Waals surface area contributed by atoms with Crippen LogP contribution in [0.15, 0.2) is 0 Å². The molecule has 1 atom stereocenters. The highest BCUT2D eigenvalue weighted by atomic mass is 32.2. The van der Waals surface area contributed by atoms with Crippen LogP contribution in [0.5, 0.6) is 0 Å².